The highest BCUT2D eigenvalue weighted by atomic mass is 19.1. The molecule has 4 heteroatoms. The van der Waals surface area contributed by atoms with Crippen LogP contribution in [0, 0.1) is 5.82 Å². The predicted octanol–water partition coefficient (Wildman–Crippen LogP) is 1.89. The van der Waals surface area contributed by atoms with Gasteiger partial charge in [0, 0.05) is 18.3 Å². The summed E-state index contributed by atoms with van der Waals surface area (Å²) in [5.41, 5.74) is 0.557. The zero-order valence-electron chi connectivity index (χ0n) is 8.79. The molecule has 1 N–H and O–H groups in total. The lowest BCUT2D eigenvalue weighted by Gasteiger charge is -2.07. The minimum atomic E-state index is -0.393. The zero-order valence-corrected chi connectivity index (χ0v) is 8.79. The topological polar surface area (TPSA) is 34.1 Å². The maximum absolute atomic E-state index is 13.6. The van der Waals surface area contributed by atoms with Crippen molar-refractivity contribution in [1.29, 1.82) is 0 Å². The predicted molar refractivity (Wildman–Crippen MR) is 57.3 cm³/mol. The van der Waals surface area contributed by atoms with Gasteiger partial charge in [-0.05, 0) is 19.5 Å². The average molecular weight is 210 g/mol. The molecule has 15 heavy (non-hydrogen) atoms. The van der Waals surface area contributed by atoms with Gasteiger partial charge in [0.1, 0.15) is 0 Å². The highest BCUT2D eigenvalue weighted by Crippen LogP contribution is 2.17. The lowest BCUT2D eigenvalue weighted by Crippen LogP contribution is -2.09. The lowest BCUT2D eigenvalue weighted by atomic mass is 10.2. The molecular weight excluding hydrogens is 195 g/mol. The van der Waals surface area contributed by atoms with Gasteiger partial charge < -0.3 is 10.1 Å². The smallest absolute Gasteiger partial charge is 0.250 e. The average Bonchev–Trinajstić information content (AvgIpc) is 2.24. The van der Waals surface area contributed by atoms with Gasteiger partial charge in [0.15, 0.2) is 5.82 Å². The van der Waals surface area contributed by atoms with Crippen LogP contribution < -0.4 is 10.1 Å². The number of nitrogens with zero attached hydrogens (tertiary/aromatic N) is 1. The summed E-state index contributed by atoms with van der Waals surface area (Å²) in [4.78, 5) is 3.83. The number of nitrogens with one attached hydrogen (secondary N) is 1. The van der Waals surface area contributed by atoms with Crippen LogP contribution in [0.1, 0.15) is 12.0 Å². The molecule has 0 spiro atoms. The molecule has 0 bridgehead atoms. The second-order valence-electron chi connectivity index (χ2n) is 3.05. The number of pyridine rings is 1. The number of ether oxygens (including phenoxy) is 1. The van der Waals surface area contributed by atoms with Crippen molar-refractivity contribution >= 4 is 0 Å². The van der Waals surface area contributed by atoms with Crippen LogP contribution in [-0.2, 0) is 6.54 Å². The van der Waals surface area contributed by atoms with E-state index in [9.17, 15) is 4.39 Å². The summed E-state index contributed by atoms with van der Waals surface area (Å²) >= 11 is 0. The van der Waals surface area contributed by atoms with E-state index in [0.717, 1.165) is 0 Å². The van der Waals surface area contributed by atoms with Gasteiger partial charge in [-0.1, -0.05) is 6.08 Å². The molecule has 1 rings (SSSR count). The van der Waals surface area contributed by atoms with Crippen LogP contribution in [0.5, 0.6) is 5.88 Å². The zero-order chi connectivity index (χ0) is 11.1. The normalized spacial score (nSPS) is 10.0. The van der Waals surface area contributed by atoms with Crippen molar-refractivity contribution < 1.29 is 9.13 Å². The standard InChI is InChI=1S/C11H15FN2O/c1-3-4-7-15-11-10(12)9(8-13-2)5-6-14-11/h3,5-6,13H,1,4,7-8H2,2H3. The molecular formula is C11H15FN2O. The first-order valence-electron chi connectivity index (χ1n) is 4.81. The van der Waals surface area contributed by atoms with Crippen molar-refractivity contribution in [3.8, 4) is 5.88 Å². The number of rotatable bonds is 6. The largest absolute Gasteiger partial charge is 0.475 e. The van der Waals surface area contributed by atoms with E-state index in [1.165, 1.54) is 0 Å². The second kappa shape index (κ2) is 6.14. The third kappa shape index (κ3) is 3.32. The van der Waals surface area contributed by atoms with Crippen LogP contribution in [0.15, 0.2) is 24.9 Å². The summed E-state index contributed by atoms with van der Waals surface area (Å²) in [5, 5.41) is 2.88. The molecule has 0 radical (unpaired) electrons. The molecule has 1 aromatic heterocycles. The minimum absolute atomic E-state index is 0.0598. The second-order valence-corrected chi connectivity index (χ2v) is 3.05. The molecule has 82 valence electrons. The Morgan fingerprint density at radius 3 is 3.13 bits per heavy atom. The molecule has 0 saturated carbocycles. The van der Waals surface area contributed by atoms with Crippen molar-refractivity contribution in [2.45, 2.75) is 13.0 Å². The maximum atomic E-state index is 13.6. The number of hydrogen-bond donors (Lipinski definition) is 1. The first kappa shape index (κ1) is 11.7. The third-order valence-corrected chi connectivity index (χ3v) is 1.87. The highest BCUT2D eigenvalue weighted by Gasteiger charge is 2.09. The maximum Gasteiger partial charge on any atom is 0.250 e. The summed E-state index contributed by atoms with van der Waals surface area (Å²) in [6.45, 7) is 4.42. The highest BCUT2D eigenvalue weighted by molar-refractivity contribution is 5.23. The van der Waals surface area contributed by atoms with Gasteiger partial charge in [-0.25, -0.2) is 9.37 Å². The SMILES string of the molecule is C=CCCOc1nccc(CNC)c1F. The van der Waals surface area contributed by atoms with E-state index in [0.29, 0.717) is 25.1 Å². The fraction of sp³-hybridized carbons (Fsp3) is 0.364. The Morgan fingerprint density at radius 1 is 1.67 bits per heavy atom. The number of aromatic nitrogens is 1. The summed E-state index contributed by atoms with van der Waals surface area (Å²) < 4.78 is 18.8. The van der Waals surface area contributed by atoms with E-state index in [1.807, 2.05) is 0 Å². The van der Waals surface area contributed by atoms with E-state index in [4.69, 9.17) is 4.74 Å². The van der Waals surface area contributed by atoms with E-state index < -0.39 is 5.82 Å². The quantitative estimate of drug-likeness (QED) is 0.575. The van der Waals surface area contributed by atoms with E-state index >= 15 is 0 Å². The van der Waals surface area contributed by atoms with Gasteiger partial charge in [-0.15, -0.1) is 6.58 Å². The monoisotopic (exact) mass is 210 g/mol. The molecule has 0 unspecified atom stereocenters. The summed E-state index contributed by atoms with van der Waals surface area (Å²) in [6, 6.07) is 1.63. The molecule has 0 aromatic carbocycles. The molecule has 0 saturated heterocycles. The van der Waals surface area contributed by atoms with Gasteiger partial charge in [-0.2, -0.15) is 0 Å². The Balaban J connectivity index is 2.70. The molecule has 0 fully saturated rings. The third-order valence-electron chi connectivity index (χ3n) is 1.87. The Labute approximate surface area is 89.0 Å². The fourth-order valence-electron chi connectivity index (χ4n) is 1.13. The summed E-state index contributed by atoms with van der Waals surface area (Å²) in [7, 11) is 1.76. The molecule has 1 heterocycles. The van der Waals surface area contributed by atoms with Crippen molar-refractivity contribution in [3.05, 3.63) is 36.3 Å². The van der Waals surface area contributed by atoms with Crippen LogP contribution in [0.4, 0.5) is 4.39 Å². The van der Waals surface area contributed by atoms with Gasteiger partial charge in [-0.3, -0.25) is 0 Å². The van der Waals surface area contributed by atoms with Crippen LogP contribution in [-0.4, -0.2) is 18.6 Å². The van der Waals surface area contributed by atoms with Crippen molar-refractivity contribution in [2.75, 3.05) is 13.7 Å². The Kier molecular flexibility index (Phi) is 4.77. The van der Waals surface area contributed by atoms with Crippen LogP contribution in [0.3, 0.4) is 0 Å². The van der Waals surface area contributed by atoms with Gasteiger partial charge >= 0.3 is 0 Å². The van der Waals surface area contributed by atoms with Crippen molar-refractivity contribution in [3.63, 3.8) is 0 Å². The van der Waals surface area contributed by atoms with Gasteiger partial charge in [0.25, 0.3) is 5.88 Å². The molecule has 0 aliphatic heterocycles. The Hall–Kier alpha value is -1.42. The van der Waals surface area contributed by atoms with Crippen molar-refractivity contribution in [1.82, 2.24) is 10.3 Å². The molecule has 0 amide bonds. The first-order chi connectivity index (χ1) is 7.29. The Bertz CT molecular complexity index is 328. The number of hydrogen-bond acceptors (Lipinski definition) is 3. The summed E-state index contributed by atoms with van der Waals surface area (Å²) in [5.74, 6) is -0.333. The fourth-order valence-corrected chi connectivity index (χ4v) is 1.13. The number of halogens is 1. The van der Waals surface area contributed by atoms with Crippen LogP contribution >= 0.6 is 0 Å². The van der Waals surface area contributed by atoms with Crippen LogP contribution in [0.2, 0.25) is 0 Å². The molecule has 0 aliphatic carbocycles. The minimum Gasteiger partial charge on any atom is -0.475 e. The first-order valence-corrected chi connectivity index (χ1v) is 4.81. The van der Waals surface area contributed by atoms with E-state index in [2.05, 4.69) is 16.9 Å². The molecule has 3 nitrogen and oxygen atoms in total. The molecule has 1 aromatic rings. The Morgan fingerprint density at radius 2 is 2.47 bits per heavy atom. The molecule has 0 aliphatic rings. The van der Waals surface area contributed by atoms with Gasteiger partial charge in [0.2, 0.25) is 0 Å². The molecule has 0 atom stereocenters. The van der Waals surface area contributed by atoms with E-state index in [-0.39, 0.29) is 5.88 Å². The summed E-state index contributed by atoms with van der Waals surface area (Å²) in [6.07, 6.45) is 3.94. The van der Waals surface area contributed by atoms with Gasteiger partial charge in [0.05, 0.1) is 6.61 Å². The van der Waals surface area contributed by atoms with Crippen LogP contribution in [0.25, 0.3) is 0 Å². The van der Waals surface area contributed by atoms with E-state index in [1.54, 1.807) is 25.4 Å². The van der Waals surface area contributed by atoms with Crippen molar-refractivity contribution in [2.24, 2.45) is 0 Å². The lowest BCUT2D eigenvalue weighted by molar-refractivity contribution is 0.293.